The zero-order valence-electron chi connectivity index (χ0n) is 8.96. The van der Waals surface area contributed by atoms with E-state index in [0.717, 1.165) is 24.8 Å². The lowest BCUT2D eigenvalue weighted by molar-refractivity contribution is 0.248. The van der Waals surface area contributed by atoms with Crippen LogP contribution in [0, 0.1) is 6.92 Å². The second-order valence-corrected chi connectivity index (χ2v) is 4.61. The Bertz CT molecular complexity index is 474. The topological polar surface area (TPSA) is 49.7 Å². The number of phenols is 1. The highest BCUT2D eigenvalue weighted by Gasteiger charge is 2.41. The van der Waals surface area contributed by atoms with Crippen molar-refractivity contribution in [3.63, 3.8) is 0 Å². The fourth-order valence-corrected chi connectivity index (χ4v) is 2.24. The van der Waals surface area contributed by atoms with Crippen LogP contribution in [0.2, 0.25) is 5.02 Å². The van der Waals surface area contributed by atoms with Gasteiger partial charge in [0.1, 0.15) is 11.3 Å². The molecule has 1 aliphatic carbocycles. The summed E-state index contributed by atoms with van der Waals surface area (Å²) < 4.78 is 0. The predicted molar refractivity (Wildman–Crippen MR) is 61.5 cm³/mol. The molecular formula is C12H12ClNO2. The number of aromatic hydroxyl groups is 1. The second-order valence-electron chi connectivity index (χ2n) is 4.21. The summed E-state index contributed by atoms with van der Waals surface area (Å²) in [4.78, 5) is 14.3. The molecule has 1 aliphatic rings. The first-order valence-electron chi connectivity index (χ1n) is 5.18. The predicted octanol–water partition coefficient (Wildman–Crippen LogP) is 3.07. The van der Waals surface area contributed by atoms with Crippen molar-refractivity contribution in [3.05, 3.63) is 28.3 Å². The van der Waals surface area contributed by atoms with E-state index >= 15 is 0 Å². The van der Waals surface area contributed by atoms with Gasteiger partial charge in [-0.25, -0.2) is 4.79 Å². The van der Waals surface area contributed by atoms with Gasteiger partial charge in [0.2, 0.25) is 6.08 Å². The number of aliphatic imine (C=N–C) groups is 1. The number of carbonyl (C=O) groups excluding carboxylic acids is 1. The highest BCUT2D eigenvalue weighted by molar-refractivity contribution is 6.31. The smallest absolute Gasteiger partial charge is 0.235 e. The van der Waals surface area contributed by atoms with Crippen LogP contribution in [0.1, 0.15) is 30.4 Å². The molecule has 0 radical (unpaired) electrons. The van der Waals surface area contributed by atoms with E-state index in [0.29, 0.717) is 10.6 Å². The molecular weight excluding hydrogens is 226 g/mol. The minimum absolute atomic E-state index is 0.153. The Morgan fingerprint density at radius 1 is 1.50 bits per heavy atom. The summed E-state index contributed by atoms with van der Waals surface area (Å²) >= 11 is 6.02. The van der Waals surface area contributed by atoms with Crippen molar-refractivity contribution in [3.8, 4) is 5.75 Å². The van der Waals surface area contributed by atoms with Gasteiger partial charge < -0.3 is 5.11 Å². The molecule has 0 saturated heterocycles. The van der Waals surface area contributed by atoms with Gasteiger partial charge in [-0.05, 0) is 43.9 Å². The summed E-state index contributed by atoms with van der Waals surface area (Å²) in [5.74, 6) is 0.153. The van der Waals surface area contributed by atoms with Crippen molar-refractivity contribution >= 4 is 17.7 Å². The number of hydrogen-bond donors (Lipinski definition) is 1. The van der Waals surface area contributed by atoms with Gasteiger partial charge in [-0.15, -0.1) is 0 Å². The monoisotopic (exact) mass is 237 g/mol. The molecule has 4 heteroatoms. The number of phenolic OH excluding ortho intramolecular Hbond substituents is 1. The first kappa shape index (κ1) is 11.2. The SMILES string of the molecule is Cc1cc(O)c(C2(N=C=O)CCC2)cc1Cl. The van der Waals surface area contributed by atoms with E-state index in [4.69, 9.17) is 11.6 Å². The first-order chi connectivity index (χ1) is 7.59. The maximum Gasteiger partial charge on any atom is 0.235 e. The minimum Gasteiger partial charge on any atom is -0.508 e. The lowest BCUT2D eigenvalue weighted by atomic mass is 9.72. The molecule has 0 unspecified atom stereocenters. The van der Waals surface area contributed by atoms with Crippen LogP contribution in [0.25, 0.3) is 0 Å². The van der Waals surface area contributed by atoms with Gasteiger partial charge in [0, 0.05) is 10.6 Å². The average Bonchev–Trinajstić information content (AvgIpc) is 2.18. The van der Waals surface area contributed by atoms with E-state index in [2.05, 4.69) is 4.99 Å². The molecule has 2 rings (SSSR count). The fourth-order valence-electron chi connectivity index (χ4n) is 2.08. The lowest BCUT2D eigenvalue weighted by Gasteiger charge is -2.37. The van der Waals surface area contributed by atoms with E-state index < -0.39 is 5.54 Å². The van der Waals surface area contributed by atoms with Crippen molar-refractivity contribution in [2.24, 2.45) is 4.99 Å². The van der Waals surface area contributed by atoms with Crippen molar-refractivity contribution < 1.29 is 9.90 Å². The summed E-state index contributed by atoms with van der Waals surface area (Å²) in [6, 6.07) is 3.31. The standard InChI is InChI=1S/C12H12ClNO2/c1-8-5-11(16)9(6-10(8)13)12(14-7-15)3-2-4-12/h5-6,16H,2-4H2,1H3. The Balaban J connectivity index is 2.54. The quantitative estimate of drug-likeness (QED) is 0.635. The number of rotatable bonds is 2. The van der Waals surface area contributed by atoms with Crippen LogP contribution in [-0.4, -0.2) is 11.2 Å². The van der Waals surface area contributed by atoms with Crippen LogP contribution in [0.5, 0.6) is 5.75 Å². The molecule has 0 amide bonds. The molecule has 0 spiro atoms. The van der Waals surface area contributed by atoms with Gasteiger partial charge in [-0.2, -0.15) is 4.99 Å². The summed E-state index contributed by atoms with van der Waals surface area (Å²) in [5, 5.41) is 10.5. The third-order valence-electron chi connectivity index (χ3n) is 3.22. The van der Waals surface area contributed by atoms with Gasteiger partial charge in [0.15, 0.2) is 0 Å². The largest absolute Gasteiger partial charge is 0.508 e. The van der Waals surface area contributed by atoms with Crippen LogP contribution in [0.15, 0.2) is 17.1 Å². The molecule has 1 aromatic rings. The summed E-state index contributed by atoms with van der Waals surface area (Å²) in [6.45, 7) is 1.82. The lowest BCUT2D eigenvalue weighted by Crippen LogP contribution is -2.32. The fraction of sp³-hybridized carbons (Fsp3) is 0.417. The molecule has 0 heterocycles. The first-order valence-corrected chi connectivity index (χ1v) is 5.55. The maximum absolute atomic E-state index is 10.4. The van der Waals surface area contributed by atoms with E-state index in [1.54, 1.807) is 18.2 Å². The highest BCUT2D eigenvalue weighted by Crippen LogP contribution is 2.48. The van der Waals surface area contributed by atoms with Gasteiger partial charge in [0.25, 0.3) is 0 Å². The Kier molecular flexibility index (Phi) is 2.75. The van der Waals surface area contributed by atoms with Crippen LogP contribution in [0.3, 0.4) is 0 Å². The van der Waals surface area contributed by atoms with E-state index in [1.165, 1.54) is 0 Å². The molecule has 1 aromatic carbocycles. The van der Waals surface area contributed by atoms with Gasteiger partial charge in [-0.3, -0.25) is 0 Å². The molecule has 0 aromatic heterocycles. The van der Waals surface area contributed by atoms with Crippen molar-refractivity contribution in [2.75, 3.05) is 0 Å². The van der Waals surface area contributed by atoms with Crippen molar-refractivity contribution in [2.45, 2.75) is 31.7 Å². The molecule has 84 valence electrons. The summed E-state index contributed by atoms with van der Waals surface area (Å²) in [7, 11) is 0. The second kappa shape index (κ2) is 3.93. The van der Waals surface area contributed by atoms with Gasteiger partial charge >= 0.3 is 0 Å². The third-order valence-corrected chi connectivity index (χ3v) is 3.63. The summed E-state index contributed by atoms with van der Waals surface area (Å²) in [5.41, 5.74) is 0.855. The normalized spacial score (nSPS) is 17.4. The molecule has 1 saturated carbocycles. The molecule has 16 heavy (non-hydrogen) atoms. The zero-order chi connectivity index (χ0) is 11.8. The maximum atomic E-state index is 10.4. The number of nitrogens with zero attached hydrogens (tertiary/aromatic N) is 1. The van der Waals surface area contributed by atoms with E-state index in [-0.39, 0.29) is 5.75 Å². The molecule has 0 atom stereocenters. The molecule has 1 N–H and O–H groups in total. The third kappa shape index (κ3) is 1.62. The molecule has 3 nitrogen and oxygen atoms in total. The number of isocyanates is 1. The van der Waals surface area contributed by atoms with E-state index in [1.807, 2.05) is 6.92 Å². The van der Waals surface area contributed by atoms with E-state index in [9.17, 15) is 9.90 Å². The van der Waals surface area contributed by atoms with Crippen molar-refractivity contribution in [1.82, 2.24) is 0 Å². The Hall–Kier alpha value is -1.31. The summed E-state index contributed by atoms with van der Waals surface area (Å²) in [6.07, 6.45) is 4.11. The molecule has 0 aliphatic heterocycles. The Morgan fingerprint density at radius 3 is 2.69 bits per heavy atom. The van der Waals surface area contributed by atoms with Crippen LogP contribution in [0.4, 0.5) is 0 Å². The number of aryl methyl sites for hydroxylation is 1. The number of hydrogen-bond acceptors (Lipinski definition) is 3. The van der Waals surface area contributed by atoms with Gasteiger partial charge in [0.05, 0.1) is 0 Å². The minimum atomic E-state index is -0.594. The average molecular weight is 238 g/mol. The Labute approximate surface area is 98.8 Å². The highest BCUT2D eigenvalue weighted by atomic mass is 35.5. The molecule has 1 fully saturated rings. The number of halogens is 1. The zero-order valence-corrected chi connectivity index (χ0v) is 9.71. The number of benzene rings is 1. The van der Waals surface area contributed by atoms with Crippen LogP contribution in [-0.2, 0) is 10.3 Å². The molecule has 0 bridgehead atoms. The van der Waals surface area contributed by atoms with Crippen LogP contribution >= 0.6 is 11.6 Å². The van der Waals surface area contributed by atoms with Gasteiger partial charge in [-0.1, -0.05) is 11.6 Å². The van der Waals surface area contributed by atoms with Crippen LogP contribution < -0.4 is 0 Å². The van der Waals surface area contributed by atoms with Crippen molar-refractivity contribution in [1.29, 1.82) is 0 Å². The Morgan fingerprint density at radius 2 is 2.19 bits per heavy atom.